The Morgan fingerprint density at radius 1 is 1.41 bits per heavy atom. The molecule has 0 aliphatic heterocycles. The number of carbonyl (C=O) groups is 1. The number of hydrogen-bond donors (Lipinski definition) is 1. The van der Waals surface area contributed by atoms with Crippen molar-refractivity contribution in [3.63, 3.8) is 0 Å². The maximum absolute atomic E-state index is 12.6. The van der Waals surface area contributed by atoms with Gasteiger partial charge in [0.05, 0.1) is 18.4 Å². The number of benzene rings is 1. The Labute approximate surface area is 135 Å². The zero-order valence-electron chi connectivity index (χ0n) is 13.0. The maximum atomic E-state index is 12.6. The van der Waals surface area contributed by atoms with E-state index in [4.69, 9.17) is 4.74 Å². The van der Waals surface area contributed by atoms with Crippen LogP contribution in [-0.4, -0.2) is 13.0 Å². The van der Waals surface area contributed by atoms with Crippen LogP contribution >= 0.6 is 11.3 Å². The molecule has 3 nitrogen and oxygen atoms in total. The summed E-state index contributed by atoms with van der Waals surface area (Å²) in [4.78, 5) is 14.0. The van der Waals surface area contributed by atoms with Crippen LogP contribution in [-0.2, 0) is 12.8 Å². The largest absolute Gasteiger partial charge is 0.495 e. The SMILES string of the molecule is CCC1CCc2c(C(=O)Nc3ccccc3OC)csc2C1. The van der Waals surface area contributed by atoms with Crippen LogP contribution in [0.1, 0.15) is 40.6 Å². The molecule has 0 bridgehead atoms. The molecule has 116 valence electrons. The zero-order chi connectivity index (χ0) is 15.5. The molecule has 1 aromatic heterocycles. The fraction of sp³-hybridized carbons (Fsp3) is 0.389. The third-order valence-corrected chi connectivity index (χ3v) is 5.49. The smallest absolute Gasteiger partial charge is 0.256 e. The number of amides is 1. The first-order valence-corrected chi connectivity index (χ1v) is 8.64. The first-order valence-electron chi connectivity index (χ1n) is 7.76. The molecule has 1 atom stereocenters. The van der Waals surface area contributed by atoms with Gasteiger partial charge in [-0.3, -0.25) is 4.79 Å². The van der Waals surface area contributed by atoms with Gasteiger partial charge in [-0.05, 0) is 42.9 Å². The minimum atomic E-state index is -0.0306. The van der Waals surface area contributed by atoms with Crippen LogP contribution in [0.3, 0.4) is 0 Å². The number of thiophene rings is 1. The molecule has 0 fully saturated rings. The van der Waals surface area contributed by atoms with E-state index in [1.54, 1.807) is 18.4 Å². The van der Waals surface area contributed by atoms with Crippen LogP contribution in [0.25, 0.3) is 0 Å². The Bertz CT molecular complexity index is 677. The minimum absolute atomic E-state index is 0.0306. The Hall–Kier alpha value is -1.81. The lowest BCUT2D eigenvalue weighted by Crippen LogP contribution is -2.17. The predicted octanol–water partition coefficient (Wildman–Crippen LogP) is 4.52. The fourth-order valence-electron chi connectivity index (χ4n) is 3.06. The van der Waals surface area contributed by atoms with Crippen molar-refractivity contribution >= 4 is 22.9 Å². The van der Waals surface area contributed by atoms with Gasteiger partial charge in [0.1, 0.15) is 5.75 Å². The molecule has 3 rings (SSSR count). The van der Waals surface area contributed by atoms with Gasteiger partial charge in [-0.25, -0.2) is 0 Å². The first-order chi connectivity index (χ1) is 10.7. The number of hydrogen-bond acceptors (Lipinski definition) is 3. The monoisotopic (exact) mass is 315 g/mol. The molecule has 1 heterocycles. The molecule has 0 saturated carbocycles. The highest BCUT2D eigenvalue weighted by molar-refractivity contribution is 7.10. The standard InChI is InChI=1S/C18H21NO2S/c1-3-12-8-9-13-14(11-22-17(13)10-12)18(20)19-15-6-4-5-7-16(15)21-2/h4-7,11-12H,3,8-10H2,1-2H3,(H,19,20). The van der Waals surface area contributed by atoms with Crippen molar-refractivity contribution in [1.82, 2.24) is 0 Å². The van der Waals surface area contributed by atoms with Gasteiger partial charge < -0.3 is 10.1 Å². The Kier molecular flexibility index (Phi) is 4.48. The molecule has 0 saturated heterocycles. The maximum Gasteiger partial charge on any atom is 0.256 e. The summed E-state index contributed by atoms with van der Waals surface area (Å²) in [6.07, 6.45) is 4.56. The quantitative estimate of drug-likeness (QED) is 0.900. The van der Waals surface area contributed by atoms with Crippen molar-refractivity contribution in [2.75, 3.05) is 12.4 Å². The summed E-state index contributed by atoms with van der Waals surface area (Å²) in [5.41, 5.74) is 2.81. The Morgan fingerprint density at radius 2 is 2.23 bits per heavy atom. The lowest BCUT2D eigenvalue weighted by Gasteiger charge is -2.21. The molecule has 1 unspecified atom stereocenters. The molecule has 2 aromatic rings. The van der Waals surface area contributed by atoms with Crippen LogP contribution in [0.2, 0.25) is 0 Å². The van der Waals surface area contributed by atoms with Gasteiger partial charge in [0.2, 0.25) is 0 Å². The number of rotatable bonds is 4. The van der Waals surface area contributed by atoms with E-state index in [1.807, 2.05) is 29.6 Å². The Balaban J connectivity index is 1.81. The van der Waals surface area contributed by atoms with E-state index in [2.05, 4.69) is 12.2 Å². The molecule has 1 aliphatic rings. The predicted molar refractivity (Wildman–Crippen MR) is 91.1 cm³/mol. The van der Waals surface area contributed by atoms with Crippen molar-refractivity contribution in [3.05, 3.63) is 45.6 Å². The third kappa shape index (κ3) is 2.88. The molecule has 4 heteroatoms. The van der Waals surface area contributed by atoms with Gasteiger partial charge in [0, 0.05) is 10.3 Å². The molecule has 0 spiro atoms. The van der Waals surface area contributed by atoms with Crippen LogP contribution in [0.5, 0.6) is 5.75 Å². The number of methoxy groups -OCH3 is 1. The number of para-hydroxylation sites is 2. The molecular weight excluding hydrogens is 294 g/mol. The molecule has 1 N–H and O–H groups in total. The third-order valence-electron chi connectivity index (χ3n) is 4.43. The highest BCUT2D eigenvalue weighted by atomic mass is 32.1. The summed E-state index contributed by atoms with van der Waals surface area (Å²) < 4.78 is 5.29. The van der Waals surface area contributed by atoms with Gasteiger partial charge >= 0.3 is 0 Å². The van der Waals surface area contributed by atoms with E-state index in [9.17, 15) is 4.79 Å². The molecule has 22 heavy (non-hydrogen) atoms. The van der Waals surface area contributed by atoms with Gasteiger partial charge in [0.25, 0.3) is 5.91 Å². The van der Waals surface area contributed by atoms with Gasteiger partial charge in [-0.1, -0.05) is 25.5 Å². The van der Waals surface area contributed by atoms with Crippen molar-refractivity contribution in [3.8, 4) is 5.75 Å². The zero-order valence-corrected chi connectivity index (χ0v) is 13.8. The lowest BCUT2D eigenvalue weighted by molar-refractivity contribution is 0.102. The highest BCUT2D eigenvalue weighted by Gasteiger charge is 2.24. The van der Waals surface area contributed by atoms with E-state index < -0.39 is 0 Å². The molecule has 1 aromatic carbocycles. The number of nitrogens with one attached hydrogen (secondary N) is 1. The van der Waals surface area contributed by atoms with E-state index in [-0.39, 0.29) is 5.91 Å². The first kappa shape index (κ1) is 15.1. The van der Waals surface area contributed by atoms with Crippen molar-refractivity contribution in [1.29, 1.82) is 0 Å². The number of fused-ring (bicyclic) bond motifs is 1. The molecule has 1 aliphatic carbocycles. The van der Waals surface area contributed by atoms with Crippen LogP contribution in [0.15, 0.2) is 29.6 Å². The second kappa shape index (κ2) is 6.53. The van der Waals surface area contributed by atoms with Crippen molar-refractivity contribution < 1.29 is 9.53 Å². The van der Waals surface area contributed by atoms with E-state index in [0.29, 0.717) is 5.75 Å². The summed E-state index contributed by atoms with van der Waals surface area (Å²) in [6.45, 7) is 2.25. The van der Waals surface area contributed by atoms with Crippen LogP contribution in [0.4, 0.5) is 5.69 Å². The van der Waals surface area contributed by atoms with E-state index >= 15 is 0 Å². The fourth-order valence-corrected chi connectivity index (χ4v) is 4.25. The van der Waals surface area contributed by atoms with Crippen molar-refractivity contribution in [2.24, 2.45) is 5.92 Å². The van der Waals surface area contributed by atoms with Gasteiger partial charge in [0.15, 0.2) is 0 Å². The average molecular weight is 315 g/mol. The summed E-state index contributed by atoms with van der Waals surface area (Å²) in [5, 5.41) is 4.99. The second-order valence-corrected chi connectivity index (χ2v) is 6.69. The molecular formula is C18H21NO2S. The normalized spacial score (nSPS) is 16.9. The summed E-state index contributed by atoms with van der Waals surface area (Å²) in [7, 11) is 1.61. The van der Waals surface area contributed by atoms with E-state index in [0.717, 1.165) is 30.0 Å². The van der Waals surface area contributed by atoms with Crippen molar-refractivity contribution in [2.45, 2.75) is 32.6 Å². The van der Waals surface area contributed by atoms with E-state index in [1.165, 1.54) is 23.3 Å². The number of anilines is 1. The number of carbonyl (C=O) groups excluding carboxylic acids is 1. The highest BCUT2D eigenvalue weighted by Crippen LogP contribution is 2.35. The molecule has 1 amide bonds. The minimum Gasteiger partial charge on any atom is -0.495 e. The summed E-state index contributed by atoms with van der Waals surface area (Å²) in [5.74, 6) is 1.43. The lowest BCUT2D eigenvalue weighted by atomic mass is 9.86. The number of ether oxygens (including phenoxy) is 1. The van der Waals surface area contributed by atoms with Gasteiger partial charge in [-0.2, -0.15) is 0 Å². The van der Waals surface area contributed by atoms with Gasteiger partial charge in [-0.15, -0.1) is 11.3 Å². The molecule has 0 radical (unpaired) electrons. The average Bonchev–Trinajstić information content (AvgIpc) is 2.98. The summed E-state index contributed by atoms with van der Waals surface area (Å²) in [6, 6.07) is 7.51. The second-order valence-electron chi connectivity index (χ2n) is 5.72. The van der Waals surface area contributed by atoms with Crippen LogP contribution < -0.4 is 10.1 Å². The Morgan fingerprint density at radius 3 is 3.00 bits per heavy atom. The van der Waals surface area contributed by atoms with Crippen LogP contribution in [0, 0.1) is 5.92 Å². The summed E-state index contributed by atoms with van der Waals surface area (Å²) >= 11 is 1.73. The topological polar surface area (TPSA) is 38.3 Å².